The lowest BCUT2D eigenvalue weighted by molar-refractivity contribution is -1.07. The Hall–Kier alpha value is -1.67. The van der Waals surface area contributed by atoms with Gasteiger partial charge in [-0.1, -0.05) is 108 Å². The molecule has 2 aliphatic rings. The van der Waals surface area contributed by atoms with Gasteiger partial charge >= 0.3 is 12.1 Å². The Morgan fingerprint density at radius 2 is 1.37 bits per heavy atom. The predicted molar refractivity (Wildman–Crippen MR) is 171 cm³/mol. The molecule has 0 aliphatic carbocycles. The number of esters is 1. The number of nitrogens with one attached hydrogen (secondary N) is 1. The number of hydroxylamine groups is 3. The van der Waals surface area contributed by atoms with Crippen molar-refractivity contribution in [3.05, 3.63) is 22.5 Å². The van der Waals surface area contributed by atoms with Crippen LogP contribution in [-0.2, 0) is 14.4 Å². The molecule has 1 fully saturated rings. The van der Waals surface area contributed by atoms with Crippen LogP contribution in [0.1, 0.15) is 137 Å². The average molecular weight is 595 g/mol. The minimum atomic E-state index is -0.493. The second kappa shape index (κ2) is 19.5. The summed E-state index contributed by atoms with van der Waals surface area (Å²) in [5, 5.41) is 3.26. The fourth-order valence-corrected chi connectivity index (χ4v) is 7.43. The molecule has 2 rings (SSSR count). The van der Waals surface area contributed by atoms with Crippen LogP contribution in [0.25, 0.3) is 0 Å². The molecule has 1 amide bonds. The van der Waals surface area contributed by atoms with Crippen LogP contribution in [0.3, 0.4) is 0 Å². The van der Waals surface area contributed by atoms with E-state index in [1.54, 1.807) is 0 Å². The average Bonchev–Trinajstić information content (AvgIpc) is 2.94. The van der Waals surface area contributed by atoms with E-state index in [4.69, 9.17) is 15.3 Å². The molecule has 8 heteroatoms. The second-order valence-electron chi connectivity index (χ2n) is 11.9. The zero-order valence-electron chi connectivity index (χ0n) is 26.9. The van der Waals surface area contributed by atoms with Gasteiger partial charge in [-0.3, -0.25) is 0 Å². The van der Waals surface area contributed by atoms with E-state index in [1.165, 1.54) is 97.0 Å². The molecule has 0 aromatic heterocycles. The van der Waals surface area contributed by atoms with Crippen molar-refractivity contribution in [3.8, 4) is 0 Å². The Balaban J connectivity index is 1.68. The first kappa shape index (κ1) is 35.5. The molecule has 2 heterocycles. The Bertz CT molecular complexity index is 871. The lowest BCUT2D eigenvalue weighted by Gasteiger charge is -2.48. The summed E-state index contributed by atoms with van der Waals surface area (Å²) in [4.78, 5) is 31.9. The van der Waals surface area contributed by atoms with Gasteiger partial charge in [0.1, 0.15) is 12.1 Å². The summed E-state index contributed by atoms with van der Waals surface area (Å²) >= 11 is 1.86. The summed E-state index contributed by atoms with van der Waals surface area (Å²) in [6, 6.07) is -0.117. The van der Waals surface area contributed by atoms with Crippen LogP contribution >= 0.6 is 11.8 Å². The Morgan fingerprint density at radius 1 is 0.878 bits per heavy atom. The number of methoxy groups -OCH3 is 1. The highest BCUT2D eigenvalue weighted by atomic mass is 32.2. The summed E-state index contributed by atoms with van der Waals surface area (Å²) in [7, 11) is 1.35. The molecule has 41 heavy (non-hydrogen) atoms. The molecule has 3 unspecified atom stereocenters. The lowest BCUT2D eigenvalue weighted by atomic mass is 9.89. The molecule has 0 saturated carbocycles. The van der Waals surface area contributed by atoms with Crippen molar-refractivity contribution in [1.82, 2.24) is 5.32 Å². The number of ether oxygens (including phenoxy) is 1. The molecular weight excluding hydrogens is 534 g/mol. The molecular formula is C33H60N3O4S+. The second-order valence-corrected chi connectivity index (χ2v) is 13.3. The summed E-state index contributed by atoms with van der Waals surface area (Å²) in [6.45, 7) is 9.16. The number of hydrogen-bond acceptors (Lipinski definition) is 6. The van der Waals surface area contributed by atoms with Crippen molar-refractivity contribution < 1.29 is 23.8 Å². The quantitative estimate of drug-likeness (QED) is 0.0789. The van der Waals surface area contributed by atoms with Crippen molar-refractivity contribution in [2.75, 3.05) is 26.0 Å². The lowest BCUT2D eigenvalue weighted by Crippen LogP contribution is -2.63. The highest BCUT2D eigenvalue weighted by Gasteiger charge is 2.55. The topological polar surface area (TPSA) is 90.6 Å². The van der Waals surface area contributed by atoms with E-state index >= 15 is 0 Å². The third kappa shape index (κ3) is 10.5. The van der Waals surface area contributed by atoms with Crippen LogP contribution < -0.4 is 11.1 Å². The van der Waals surface area contributed by atoms with E-state index < -0.39 is 12.1 Å². The van der Waals surface area contributed by atoms with E-state index in [0.29, 0.717) is 30.1 Å². The van der Waals surface area contributed by atoms with Crippen LogP contribution in [0.4, 0.5) is 4.79 Å². The number of quaternary nitrogens is 1. The summed E-state index contributed by atoms with van der Waals surface area (Å²) in [5.74, 6) is 0.586. The Labute approximate surface area is 255 Å². The maximum absolute atomic E-state index is 13.0. The van der Waals surface area contributed by atoms with Crippen molar-refractivity contribution >= 4 is 23.8 Å². The van der Waals surface area contributed by atoms with Gasteiger partial charge in [0.15, 0.2) is 11.7 Å². The minimum absolute atomic E-state index is 0.0422. The summed E-state index contributed by atoms with van der Waals surface area (Å²) in [5.41, 5.74) is 8.75. The molecule has 0 aromatic rings. The molecule has 3 N–H and O–H groups in total. The maximum atomic E-state index is 13.0. The highest BCUT2D eigenvalue weighted by molar-refractivity contribution is 8.01. The van der Waals surface area contributed by atoms with Gasteiger partial charge in [-0.15, -0.1) is 0 Å². The number of carbonyl (C=O) groups excluding carboxylic acids is 2. The normalized spacial score (nSPS) is 22.5. The van der Waals surface area contributed by atoms with E-state index in [-0.39, 0.29) is 15.9 Å². The van der Waals surface area contributed by atoms with Crippen LogP contribution in [0, 0.1) is 0 Å². The molecule has 0 spiro atoms. The number of nitrogens with zero attached hydrogens (tertiary/aromatic N) is 1. The zero-order chi connectivity index (χ0) is 30.1. The maximum Gasteiger partial charge on any atom is 0.462 e. The van der Waals surface area contributed by atoms with Crippen molar-refractivity contribution in [2.45, 2.75) is 148 Å². The fraction of sp³-hybridized carbons (Fsp3) is 0.818. The van der Waals surface area contributed by atoms with Crippen LogP contribution in [0.5, 0.6) is 0 Å². The van der Waals surface area contributed by atoms with Crippen LogP contribution in [-0.4, -0.2) is 54.0 Å². The molecule has 0 aromatic carbocycles. The number of allylic oxidation sites excluding steroid dienone is 1. The van der Waals surface area contributed by atoms with Crippen molar-refractivity contribution in [2.24, 2.45) is 5.73 Å². The van der Waals surface area contributed by atoms with Crippen molar-refractivity contribution in [3.63, 3.8) is 0 Å². The van der Waals surface area contributed by atoms with Gasteiger partial charge in [0.25, 0.3) is 0 Å². The third-order valence-corrected chi connectivity index (χ3v) is 10.4. The molecule has 0 bridgehead atoms. The third-order valence-electron chi connectivity index (χ3n) is 9.01. The fourth-order valence-electron chi connectivity index (χ4n) is 6.34. The molecule has 7 nitrogen and oxygen atoms in total. The van der Waals surface area contributed by atoms with Gasteiger partial charge in [-0.25, -0.2) is 14.4 Å². The Morgan fingerprint density at radius 3 is 1.78 bits per heavy atom. The molecule has 3 atom stereocenters. The number of unbranched alkanes of at least 4 members (excludes halogenated alkanes) is 15. The standard InChI is InChI=1S/C33H59N3O4S/c1-6-8-9-10-11-12-13-14-15-16-17-18-19-20-21-22-24-35-33(38)40-36(7-2)27(4)29(32(37)39-5)30(34)26(3)31(36)28-23-25-41-28/h28,31H,6-25,34H2,1-5H3/p+1. The SMILES string of the molecule is CCCCCCCCCCCCCCCCCCNC(=O)O[N+]1(CC)C(C)=C(C(=O)OC)C(N)=C(C)C1C1CCS1. The molecule has 236 valence electrons. The number of hydrogen-bond donors (Lipinski definition) is 2. The summed E-state index contributed by atoms with van der Waals surface area (Å²) in [6.07, 6.45) is 21.7. The monoisotopic (exact) mass is 594 g/mol. The van der Waals surface area contributed by atoms with Gasteiger partial charge in [-0.05, 0) is 32.4 Å². The molecule has 2 aliphatic heterocycles. The van der Waals surface area contributed by atoms with E-state index in [0.717, 1.165) is 30.6 Å². The van der Waals surface area contributed by atoms with Gasteiger partial charge < -0.3 is 15.8 Å². The van der Waals surface area contributed by atoms with E-state index in [2.05, 4.69) is 12.2 Å². The van der Waals surface area contributed by atoms with Gasteiger partial charge in [0.05, 0.1) is 18.1 Å². The predicted octanol–water partition coefficient (Wildman–Crippen LogP) is 8.29. The van der Waals surface area contributed by atoms with Gasteiger partial charge in [0.2, 0.25) is 0 Å². The zero-order valence-corrected chi connectivity index (χ0v) is 27.7. The Kier molecular flexibility index (Phi) is 16.9. The van der Waals surface area contributed by atoms with Crippen LogP contribution in [0.15, 0.2) is 22.5 Å². The largest absolute Gasteiger partial charge is 0.465 e. The first-order valence-corrected chi connectivity index (χ1v) is 17.6. The van der Waals surface area contributed by atoms with Crippen molar-refractivity contribution in [1.29, 1.82) is 0 Å². The highest BCUT2D eigenvalue weighted by Crippen LogP contribution is 2.46. The van der Waals surface area contributed by atoms with Gasteiger partial charge in [0, 0.05) is 19.0 Å². The number of amides is 1. The number of nitrogens with two attached hydrogens (primary N) is 1. The first-order valence-electron chi connectivity index (χ1n) is 16.6. The smallest absolute Gasteiger partial charge is 0.462 e. The number of carbonyl (C=O) groups is 2. The van der Waals surface area contributed by atoms with E-state index in [9.17, 15) is 9.59 Å². The summed E-state index contributed by atoms with van der Waals surface area (Å²) < 4.78 is 5.00. The van der Waals surface area contributed by atoms with E-state index in [1.807, 2.05) is 32.5 Å². The number of thioether (sulfide) groups is 1. The first-order chi connectivity index (χ1) is 19.8. The van der Waals surface area contributed by atoms with Crippen LogP contribution in [0.2, 0.25) is 0 Å². The molecule has 1 saturated heterocycles. The van der Waals surface area contributed by atoms with Gasteiger partial charge in [-0.2, -0.15) is 11.8 Å². The number of likely N-dealkylation sites (N-methyl/N-ethyl adjacent to an activating group) is 1. The minimum Gasteiger partial charge on any atom is -0.465 e. The molecule has 0 radical (unpaired) electrons. The number of rotatable bonds is 21.